The molecule has 2 aliphatic rings. The van der Waals surface area contributed by atoms with E-state index in [9.17, 15) is 9.90 Å². The van der Waals surface area contributed by atoms with Gasteiger partial charge in [0.1, 0.15) is 11.6 Å². The van der Waals surface area contributed by atoms with Gasteiger partial charge >= 0.3 is 0 Å². The zero-order chi connectivity index (χ0) is 18.6. The minimum Gasteiger partial charge on any atom is -0.491 e. The fourth-order valence-corrected chi connectivity index (χ4v) is 3.09. The van der Waals surface area contributed by atoms with E-state index in [0.29, 0.717) is 31.5 Å². The van der Waals surface area contributed by atoms with E-state index in [1.165, 1.54) is 6.20 Å². The topological polar surface area (TPSA) is 62.7 Å². The van der Waals surface area contributed by atoms with Gasteiger partial charge < -0.3 is 9.84 Å². The molecular formula is C15H19BrN2O3. The van der Waals surface area contributed by atoms with E-state index < -0.39 is 17.4 Å². The molecule has 21 heavy (non-hydrogen) atoms. The third-order valence-corrected chi connectivity index (χ3v) is 4.11. The van der Waals surface area contributed by atoms with Crippen LogP contribution < -0.4 is 9.64 Å². The molecule has 0 spiro atoms. The van der Waals surface area contributed by atoms with Crippen molar-refractivity contribution in [3.8, 4) is 5.75 Å². The molecule has 1 amide bonds. The summed E-state index contributed by atoms with van der Waals surface area (Å²) >= 11 is 2.63. The monoisotopic (exact) mass is 358 g/mol. The summed E-state index contributed by atoms with van der Waals surface area (Å²) in [5.41, 5.74) is -0.0158. The number of carbonyl (C=O) groups is 1. The number of carbonyl (C=O) groups excluding carboxylic acids is 1. The molecule has 0 bridgehead atoms. The van der Waals surface area contributed by atoms with E-state index in [1.54, 1.807) is 17.9 Å². The van der Waals surface area contributed by atoms with Crippen LogP contribution in [-0.4, -0.2) is 39.5 Å². The summed E-state index contributed by atoms with van der Waals surface area (Å²) < 4.78 is 35.4. The van der Waals surface area contributed by atoms with Gasteiger partial charge in [-0.3, -0.25) is 9.69 Å². The predicted octanol–water partition coefficient (Wildman–Crippen LogP) is 2.05. The van der Waals surface area contributed by atoms with Crippen molar-refractivity contribution in [1.82, 2.24) is 4.98 Å². The highest BCUT2D eigenvalue weighted by Gasteiger charge is 2.45. The molecule has 1 aliphatic carbocycles. The smallest absolute Gasteiger partial charge is 0.228 e. The Bertz CT molecular complexity index is 701. The quantitative estimate of drug-likeness (QED) is 0.836. The van der Waals surface area contributed by atoms with Gasteiger partial charge in [-0.15, -0.1) is 0 Å². The average molecular weight is 359 g/mol. The van der Waals surface area contributed by atoms with Crippen molar-refractivity contribution in [1.29, 1.82) is 0 Å². The van der Waals surface area contributed by atoms with Crippen molar-refractivity contribution in [2.45, 2.75) is 44.2 Å². The second-order valence-electron chi connectivity index (χ2n) is 5.78. The summed E-state index contributed by atoms with van der Waals surface area (Å²) in [7, 11) is 0. The number of pyridine rings is 1. The molecule has 1 aliphatic heterocycles. The molecule has 0 atom stereocenters. The lowest BCUT2D eigenvalue weighted by atomic mass is 9.75. The highest BCUT2D eigenvalue weighted by molar-refractivity contribution is 9.09. The van der Waals surface area contributed by atoms with Gasteiger partial charge in [-0.1, -0.05) is 15.9 Å². The average Bonchev–Trinajstić information content (AvgIpc) is 2.43. The maximum Gasteiger partial charge on any atom is 0.228 e. The highest BCUT2D eigenvalue weighted by atomic mass is 79.9. The van der Waals surface area contributed by atoms with Gasteiger partial charge in [-0.2, -0.15) is 0 Å². The van der Waals surface area contributed by atoms with Gasteiger partial charge in [0.2, 0.25) is 5.91 Å². The van der Waals surface area contributed by atoms with Crippen LogP contribution in [0.2, 0.25) is 0 Å². The van der Waals surface area contributed by atoms with E-state index >= 15 is 0 Å². The summed E-state index contributed by atoms with van der Waals surface area (Å²) in [6, 6.07) is 1.50. The molecule has 5 nitrogen and oxygen atoms in total. The van der Waals surface area contributed by atoms with Gasteiger partial charge in [0.15, 0.2) is 0 Å². The lowest BCUT2D eigenvalue weighted by molar-refractivity contribution is -0.121. The van der Waals surface area contributed by atoms with Crippen molar-refractivity contribution in [3.63, 3.8) is 0 Å². The first kappa shape index (κ1) is 10.6. The van der Waals surface area contributed by atoms with E-state index in [0.717, 1.165) is 5.56 Å². The molecule has 0 radical (unpaired) electrons. The predicted molar refractivity (Wildman–Crippen MR) is 83.0 cm³/mol. The fourth-order valence-electron chi connectivity index (χ4n) is 3.01. The summed E-state index contributed by atoms with van der Waals surface area (Å²) in [4.78, 5) is 18.2. The van der Waals surface area contributed by atoms with Crippen molar-refractivity contribution >= 4 is 27.7 Å². The first-order chi connectivity index (χ1) is 11.4. The minimum absolute atomic E-state index is 0.0405. The van der Waals surface area contributed by atoms with E-state index in [1.807, 2.05) is 0 Å². The zero-order valence-electron chi connectivity index (χ0n) is 15.6. The van der Waals surface area contributed by atoms with Gasteiger partial charge in [0.05, 0.1) is 21.1 Å². The van der Waals surface area contributed by atoms with Crippen LogP contribution in [0.3, 0.4) is 0 Å². The summed E-state index contributed by atoms with van der Waals surface area (Å²) in [6.07, 6.45) is 3.04. The minimum atomic E-state index is -2.58. The molecule has 1 N–H and O–H groups in total. The van der Waals surface area contributed by atoms with E-state index in [-0.39, 0.29) is 17.7 Å². The molecule has 3 rings (SSSR count). The number of aryl methyl sites for hydroxylation is 1. The standard InChI is InChI=1S/C15H19BrN2O3/c1-15(20)7-11(8-15)18-13(19)3-2-10-6-12(21-5-4-16)9-17-14(10)18/h6,9,11,20H,2-5,7-8H2,1H3/i4D2,5D2. The van der Waals surface area contributed by atoms with Crippen molar-refractivity contribution in [2.75, 3.05) is 16.7 Å². The lowest BCUT2D eigenvalue weighted by Gasteiger charge is -2.47. The molecule has 1 fully saturated rings. The number of aromatic nitrogens is 1. The Morgan fingerprint density at radius 2 is 2.38 bits per heavy atom. The summed E-state index contributed by atoms with van der Waals surface area (Å²) in [5.74, 6) is 0.565. The Hall–Kier alpha value is -1.14. The zero-order valence-corrected chi connectivity index (χ0v) is 13.2. The third kappa shape index (κ3) is 2.92. The third-order valence-electron chi connectivity index (χ3n) is 3.95. The first-order valence-corrected chi connectivity index (χ1v) is 7.60. The maximum atomic E-state index is 12.3. The van der Waals surface area contributed by atoms with Crippen LogP contribution in [0.15, 0.2) is 12.3 Å². The first-order valence-electron chi connectivity index (χ1n) is 8.81. The molecule has 0 saturated heterocycles. The Morgan fingerprint density at radius 3 is 3.05 bits per heavy atom. The Morgan fingerprint density at radius 1 is 1.62 bits per heavy atom. The van der Waals surface area contributed by atoms with E-state index in [2.05, 4.69) is 20.9 Å². The largest absolute Gasteiger partial charge is 0.491 e. The number of aliphatic hydroxyl groups is 1. The van der Waals surface area contributed by atoms with Crippen LogP contribution in [0.4, 0.5) is 5.82 Å². The number of amides is 1. The fraction of sp³-hybridized carbons (Fsp3) is 0.600. The molecule has 0 unspecified atom stereocenters. The molecule has 1 aromatic heterocycles. The van der Waals surface area contributed by atoms with Crippen LogP contribution in [0.25, 0.3) is 0 Å². The number of alkyl halides is 1. The number of fused-ring (bicyclic) bond motifs is 1. The van der Waals surface area contributed by atoms with Gasteiger partial charge in [0.25, 0.3) is 0 Å². The highest BCUT2D eigenvalue weighted by Crippen LogP contribution is 2.40. The van der Waals surface area contributed by atoms with Gasteiger partial charge in [-0.05, 0) is 37.8 Å². The van der Waals surface area contributed by atoms with Crippen molar-refractivity contribution in [3.05, 3.63) is 17.8 Å². The van der Waals surface area contributed by atoms with Crippen LogP contribution in [0.5, 0.6) is 5.75 Å². The number of ether oxygens (including phenoxy) is 1. The van der Waals surface area contributed by atoms with Crippen LogP contribution in [0.1, 0.15) is 37.2 Å². The second-order valence-corrected chi connectivity index (χ2v) is 6.17. The SMILES string of the molecule is [2H]C([2H])(Br)C([2H])([2H])Oc1cnc2c(c1)CCC(=O)N2C1CC(C)(O)C1. The Labute approximate surface area is 138 Å². The molecule has 6 heteroatoms. The molecular weight excluding hydrogens is 336 g/mol. The van der Waals surface area contributed by atoms with Crippen LogP contribution in [-0.2, 0) is 11.2 Å². The van der Waals surface area contributed by atoms with Gasteiger partial charge in [0, 0.05) is 20.5 Å². The number of halogens is 1. The van der Waals surface area contributed by atoms with Crippen molar-refractivity contribution in [2.24, 2.45) is 0 Å². The number of hydrogen-bond acceptors (Lipinski definition) is 4. The number of anilines is 1. The number of hydrogen-bond donors (Lipinski definition) is 1. The number of nitrogens with zero attached hydrogens (tertiary/aromatic N) is 2. The second kappa shape index (κ2) is 5.57. The van der Waals surface area contributed by atoms with Crippen molar-refractivity contribution < 1.29 is 20.1 Å². The van der Waals surface area contributed by atoms with Gasteiger partial charge in [-0.25, -0.2) is 4.98 Å². The van der Waals surface area contributed by atoms with Crippen LogP contribution >= 0.6 is 15.9 Å². The summed E-state index contributed by atoms with van der Waals surface area (Å²) in [6.45, 7) is -0.848. The molecule has 1 aromatic rings. The molecule has 114 valence electrons. The van der Waals surface area contributed by atoms with E-state index in [4.69, 9.17) is 10.2 Å². The maximum absolute atomic E-state index is 12.3. The molecule has 0 aromatic carbocycles. The summed E-state index contributed by atoms with van der Waals surface area (Å²) in [5, 5.41) is 7.57. The lowest BCUT2D eigenvalue weighted by Crippen LogP contribution is -2.57. The molecule has 2 heterocycles. The Kier molecular flexibility index (Phi) is 2.80. The Balaban J connectivity index is 1.85. The number of rotatable bonds is 4. The van der Waals surface area contributed by atoms with Crippen LogP contribution in [0, 0.1) is 0 Å². The molecule has 1 saturated carbocycles. The normalized spacial score (nSPS) is 32.2.